The molecule has 1 aromatic rings. The smallest absolute Gasteiger partial charge is 0.210 e. The van der Waals surface area contributed by atoms with Crippen molar-refractivity contribution in [3.05, 3.63) is 29.8 Å². The predicted octanol–water partition coefficient (Wildman–Crippen LogP) is 1.48. The fraction of sp³-hybridized carbons (Fsp3) is 0.250. The highest BCUT2D eigenvalue weighted by Gasteiger charge is 2.18. The molecule has 0 aromatic heterocycles. The van der Waals surface area contributed by atoms with Crippen LogP contribution in [-0.4, -0.2) is 20.8 Å². The van der Waals surface area contributed by atoms with Crippen LogP contribution in [0.4, 0.5) is 8.78 Å². The van der Waals surface area contributed by atoms with Crippen LogP contribution in [0.15, 0.2) is 23.1 Å². The third-order valence-electron chi connectivity index (χ3n) is 1.57. The number of rotatable bonds is 4. The van der Waals surface area contributed by atoms with E-state index in [0.29, 0.717) is 6.07 Å². The van der Waals surface area contributed by atoms with Crippen LogP contribution in [0, 0.1) is 11.6 Å². The molecule has 0 unspecified atom stereocenters. The second-order valence-electron chi connectivity index (χ2n) is 2.66. The van der Waals surface area contributed by atoms with Crippen molar-refractivity contribution >= 4 is 21.6 Å². The number of hydrogen-bond donors (Lipinski definition) is 1. The molecule has 0 aliphatic rings. The first kappa shape index (κ1) is 12.4. The van der Waals surface area contributed by atoms with Crippen LogP contribution in [0.1, 0.15) is 0 Å². The Hall–Kier alpha value is -0.720. The van der Waals surface area contributed by atoms with Crippen molar-refractivity contribution in [1.29, 1.82) is 0 Å². The predicted molar refractivity (Wildman–Crippen MR) is 52.3 cm³/mol. The molecule has 0 amide bonds. The van der Waals surface area contributed by atoms with Gasteiger partial charge in [0.25, 0.3) is 0 Å². The Balaban J connectivity index is 3.05. The van der Waals surface area contributed by atoms with E-state index in [0.717, 1.165) is 12.1 Å². The van der Waals surface area contributed by atoms with E-state index in [4.69, 9.17) is 11.6 Å². The molecule has 1 aromatic carbocycles. The zero-order valence-corrected chi connectivity index (χ0v) is 9.08. The number of hydrogen-bond acceptors (Lipinski definition) is 2. The zero-order valence-electron chi connectivity index (χ0n) is 7.50. The van der Waals surface area contributed by atoms with Gasteiger partial charge in [-0.2, -0.15) is 0 Å². The summed E-state index contributed by atoms with van der Waals surface area (Å²) in [5, 5.41) is 0. The van der Waals surface area contributed by atoms with Crippen LogP contribution in [0.2, 0.25) is 0 Å². The number of nitrogens with one attached hydrogen (secondary N) is 1. The molecular formula is C8H8ClF2NO2S. The summed E-state index contributed by atoms with van der Waals surface area (Å²) in [7, 11) is -3.95. The van der Waals surface area contributed by atoms with Gasteiger partial charge in [-0.1, -0.05) is 0 Å². The first-order valence-electron chi connectivity index (χ1n) is 3.98. The monoisotopic (exact) mass is 255 g/mol. The largest absolute Gasteiger partial charge is 0.243 e. The standard InChI is InChI=1S/C8H8ClF2NO2S/c9-3-4-12-15(13,14)8-2-1-6(10)5-7(8)11/h1-2,5,12H,3-4H2. The summed E-state index contributed by atoms with van der Waals surface area (Å²) in [5.74, 6) is -1.89. The van der Waals surface area contributed by atoms with Crippen LogP contribution < -0.4 is 4.72 Å². The highest BCUT2D eigenvalue weighted by atomic mass is 35.5. The lowest BCUT2D eigenvalue weighted by molar-refractivity contribution is 0.544. The van der Waals surface area contributed by atoms with E-state index in [1.807, 2.05) is 0 Å². The highest BCUT2D eigenvalue weighted by molar-refractivity contribution is 7.89. The Morgan fingerprint density at radius 3 is 2.53 bits per heavy atom. The minimum absolute atomic E-state index is 0.0132. The number of benzene rings is 1. The van der Waals surface area contributed by atoms with E-state index >= 15 is 0 Å². The van der Waals surface area contributed by atoms with Gasteiger partial charge in [0.15, 0.2) is 0 Å². The molecule has 0 aliphatic heterocycles. The Kier molecular flexibility index (Phi) is 4.01. The second kappa shape index (κ2) is 4.87. The SMILES string of the molecule is O=S(=O)(NCCCl)c1ccc(F)cc1F. The molecule has 0 heterocycles. The van der Waals surface area contributed by atoms with Crippen molar-refractivity contribution in [2.75, 3.05) is 12.4 Å². The molecule has 0 fully saturated rings. The van der Waals surface area contributed by atoms with Crippen LogP contribution >= 0.6 is 11.6 Å². The normalized spacial score (nSPS) is 11.7. The van der Waals surface area contributed by atoms with Crippen molar-refractivity contribution in [3.8, 4) is 0 Å². The molecule has 15 heavy (non-hydrogen) atoms. The summed E-state index contributed by atoms with van der Waals surface area (Å²) in [6.45, 7) is -0.0132. The topological polar surface area (TPSA) is 46.2 Å². The molecule has 0 spiro atoms. The van der Waals surface area contributed by atoms with E-state index in [9.17, 15) is 17.2 Å². The highest BCUT2D eigenvalue weighted by Crippen LogP contribution is 2.14. The van der Waals surface area contributed by atoms with Crippen molar-refractivity contribution in [1.82, 2.24) is 4.72 Å². The van der Waals surface area contributed by atoms with Gasteiger partial charge < -0.3 is 0 Å². The lowest BCUT2D eigenvalue weighted by Crippen LogP contribution is -2.26. The summed E-state index contributed by atoms with van der Waals surface area (Å²) >= 11 is 5.28. The Morgan fingerprint density at radius 1 is 1.33 bits per heavy atom. The van der Waals surface area contributed by atoms with Gasteiger partial charge in [0.1, 0.15) is 16.5 Å². The lowest BCUT2D eigenvalue weighted by Gasteiger charge is -2.05. The van der Waals surface area contributed by atoms with Crippen LogP contribution in [0.3, 0.4) is 0 Å². The Bertz CT molecular complexity index is 450. The molecule has 0 bridgehead atoms. The zero-order chi connectivity index (χ0) is 11.5. The summed E-state index contributed by atoms with van der Waals surface area (Å²) in [5.41, 5.74) is 0. The van der Waals surface area contributed by atoms with Gasteiger partial charge in [-0.3, -0.25) is 0 Å². The van der Waals surface area contributed by atoms with Crippen molar-refractivity contribution in [2.24, 2.45) is 0 Å². The van der Waals surface area contributed by atoms with Crippen molar-refractivity contribution < 1.29 is 17.2 Å². The number of halogens is 3. The first-order valence-corrected chi connectivity index (χ1v) is 6.00. The number of alkyl halides is 1. The second-order valence-corrected chi connectivity index (χ2v) is 4.77. The Labute approximate surface area is 91.1 Å². The molecule has 1 N–H and O–H groups in total. The third kappa shape index (κ3) is 3.12. The summed E-state index contributed by atoms with van der Waals surface area (Å²) in [4.78, 5) is -0.589. The van der Waals surface area contributed by atoms with Gasteiger partial charge >= 0.3 is 0 Å². The van der Waals surface area contributed by atoms with Gasteiger partial charge in [-0.15, -0.1) is 11.6 Å². The van der Waals surface area contributed by atoms with Gasteiger partial charge in [0.2, 0.25) is 10.0 Å². The van der Waals surface area contributed by atoms with Gasteiger partial charge in [-0.05, 0) is 12.1 Å². The molecule has 3 nitrogen and oxygen atoms in total. The maximum absolute atomic E-state index is 13.1. The molecule has 0 saturated carbocycles. The van der Waals surface area contributed by atoms with Crippen molar-refractivity contribution in [3.63, 3.8) is 0 Å². The van der Waals surface area contributed by atoms with Gasteiger partial charge in [0.05, 0.1) is 0 Å². The van der Waals surface area contributed by atoms with Crippen LogP contribution in [0.25, 0.3) is 0 Å². The van der Waals surface area contributed by atoms with E-state index in [1.165, 1.54) is 0 Å². The van der Waals surface area contributed by atoms with Gasteiger partial charge in [0, 0.05) is 18.5 Å². The van der Waals surface area contributed by atoms with Crippen LogP contribution in [-0.2, 0) is 10.0 Å². The summed E-state index contributed by atoms with van der Waals surface area (Å²) < 4.78 is 50.4. The fourth-order valence-corrected chi connectivity index (χ4v) is 2.24. The minimum atomic E-state index is -3.95. The summed E-state index contributed by atoms with van der Waals surface area (Å²) in [6, 6.07) is 2.24. The quantitative estimate of drug-likeness (QED) is 0.829. The minimum Gasteiger partial charge on any atom is -0.210 e. The molecule has 0 radical (unpaired) electrons. The molecule has 0 saturated heterocycles. The fourth-order valence-electron chi connectivity index (χ4n) is 0.944. The van der Waals surface area contributed by atoms with Crippen molar-refractivity contribution in [2.45, 2.75) is 4.90 Å². The molecule has 1 rings (SSSR count). The van der Waals surface area contributed by atoms with E-state index in [-0.39, 0.29) is 12.4 Å². The summed E-state index contributed by atoms with van der Waals surface area (Å²) in [6.07, 6.45) is 0. The lowest BCUT2D eigenvalue weighted by atomic mass is 10.3. The van der Waals surface area contributed by atoms with E-state index in [1.54, 1.807) is 0 Å². The maximum atomic E-state index is 13.1. The maximum Gasteiger partial charge on any atom is 0.243 e. The number of sulfonamides is 1. The van der Waals surface area contributed by atoms with E-state index in [2.05, 4.69) is 4.72 Å². The first-order chi connectivity index (χ1) is 6.97. The molecule has 84 valence electrons. The average molecular weight is 256 g/mol. The Morgan fingerprint density at radius 2 is 2.00 bits per heavy atom. The van der Waals surface area contributed by atoms with Crippen LogP contribution in [0.5, 0.6) is 0 Å². The third-order valence-corrected chi connectivity index (χ3v) is 3.25. The van der Waals surface area contributed by atoms with E-state index < -0.39 is 26.6 Å². The molecule has 0 atom stereocenters. The molecular weight excluding hydrogens is 248 g/mol. The molecule has 0 aliphatic carbocycles. The van der Waals surface area contributed by atoms with Gasteiger partial charge in [-0.25, -0.2) is 21.9 Å². The molecule has 7 heteroatoms. The average Bonchev–Trinajstić information content (AvgIpc) is 2.14.